The first-order valence-electron chi connectivity index (χ1n) is 6.87. The Labute approximate surface area is 136 Å². The van der Waals surface area contributed by atoms with Gasteiger partial charge in [0.05, 0.1) is 0 Å². The number of fused-ring (bicyclic) bond motifs is 1. The summed E-state index contributed by atoms with van der Waals surface area (Å²) in [5, 5.41) is 13.0. The molecule has 7 heteroatoms. The standard InChI is InChI=1S/C16H10ClN5O/c17-15-12(7-4-10-18-15)23-14-9-8-13-19-20-16(22(13)21-14)11-5-2-1-3-6-11/h1-10H. The van der Waals surface area contributed by atoms with Crippen LogP contribution in [0.2, 0.25) is 5.15 Å². The fourth-order valence-corrected chi connectivity index (χ4v) is 2.31. The van der Waals surface area contributed by atoms with Crippen molar-refractivity contribution < 1.29 is 4.74 Å². The fourth-order valence-electron chi connectivity index (χ4n) is 2.15. The van der Waals surface area contributed by atoms with Crippen LogP contribution in [0.1, 0.15) is 0 Å². The molecule has 0 atom stereocenters. The van der Waals surface area contributed by atoms with E-state index >= 15 is 0 Å². The van der Waals surface area contributed by atoms with Crippen molar-refractivity contribution in [2.75, 3.05) is 0 Å². The van der Waals surface area contributed by atoms with Gasteiger partial charge in [-0.15, -0.1) is 15.3 Å². The number of hydrogen-bond acceptors (Lipinski definition) is 5. The second-order valence-electron chi connectivity index (χ2n) is 4.73. The highest BCUT2D eigenvalue weighted by Gasteiger charge is 2.11. The summed E-state index contributed by atoms with van der Waals surface area (Å²) in [5.74, 6) is 1.46. The molecule has 0 radical (unpaired) electrons. The molecule has 0 saturated heterocycles. The molecule has 0 spiro atoms. The van der Waals surface area contributed by atoms with Crippen LogP contribution in [-0.2, 0) is 0 Å². The Balaban J connectivity index is 1.77. The zero-order valence-corrected chi connectivity index (χ0v) is 12.6. The maximum atomic E-state index is 6.00. The van der Waals surface area contributed by atoms with Crippen molar-refractivity contribution in [3.8, 4) is 23.0 Å². The SMILES string of the molecule is Clc1ncccc1Oc1ccc2nnc(-c3ccccc3)n2n1. The highest BCUT2D eigenvalue weighted by atomic mass is 35.5. The molecule has 6 nitrogen and oxygen atoms in total. The lowest BCUT2D eigenvalue weighted by Gasteiger charge is -2.06. The molecular formula is C16H10ClN5O. The van der Waals surface area contributed by atoms with Crippen molar-refractivity contribution in [3.05, 3.63) is 65.9 Å². The van der Waals surface area contributed by atoms with Crippen LogP contribution in [0, 0.1) is 0 Å². The van der Waals surface area contributed by atoms with Crippen LogP contribution in [0.3, 0.4) is 0 Å². The molecule has 0 aliphatic carbocycles. The van der Waals surface area contributed by atoms with Gasteiger partial charge >= 0.3 is 0 Å². The number of hydrogen-bond donors (Lipinski definition) is 0. The average Bonchev–Trinajstić information content (AvgIpc) is 3.01. The summed E-state index contributed by atoms with van der Waals surface area (Å²) in [7, 11) is 0. The van der Waals surface area contributed by atoms with Gasteiger partial charge in [-0.05, 0) is 18.2 Å². The van der Waals surface area contributed by atoms with Crippen molar-refractivity contribution in [1.29, 1.82) is 0 Å². The van der Waals surface area contributed by atoms with Gasteiger partial charge in [0.15, 0.2) is 22.4 Å². The Morgan fingerprint density at radius 2 is 1.78 bits per heavy atom. The summed E-state index contributed by atoms with van der Waals surface area (Å²) < 4.78 is 7.33. The molecule has 23 heavy (non-hydrogen) atoms. The van der Waals surface area contributed by atoms with Gasteiger partial charge in [-0.2, -0.15) is 4.52 Å². The first-order chi connectivity index (χ1) is 11.3. The summed E-state index contributed by atoms with van der Waals surface area (Å²) in [5.41, 5.74) is 1.55. The summed E-state index contributed by atoms with van der Waals surface area (Å²) >= 11 is 6.00. The molecule has 3 aromatic heterocycles. The van der Waals surface area contributed by atoms with E-state index in [9.17, 15) is 0 Å². The molecule has 0 aliphatic heterocycles. The lowest BCUT2D eigenvalue weighted by atomic mass is 10.2. The largest absolute Gasteiger partial charge is 0.434 e. The Kier molecular flexibility index (Phi) is 3.36. The summed E-state index contributed by atoms with van der Waals surface area (Å²) in [4.78, 5) is 3.97. The molecule has 4 aromatic rings. The molecule has 0 saturated carbocycles. The number of benzene rings is 1. The molecule has 112 valence electrons. The number of halogens is 1. The Hall–Kier alpha value is -2.99. The van der Waals surface area contributed by atoms with Crippen LogP contribution in [0.5, 0.6) is 11.6 Å². The zero-order chi connectivity index (χ0) is 15.6. The topological polar surface area (TPSA) is 65.2 Å². The van der Waals surface area contributed by atoms with Crippen LogP contribution in [0.4, 0.5) is 0 Å². The van der Waals surface area contributed by atoms with Crippen molar-refractivity contribution in [2.24, 2.45) is 0 Å². The van der Waals surface area contributed by atoms with Gasteiger partial charge in [0.25, 0.3) is 0 Å². The highest BCUT2D eigenvalue weighted by Crippen LogP contribution is 2.26. The predicted molar refractivity (Wildman–Crippen MR) is 85.5 cm³/mol. The molecule has 0 fully saturated rings. The van der Waals surface area contributed by atoms with Gasteiger partial charge in [0.1, 0.15) is 0 Å². The monoisotopic (exact) mass is 323 g/mol. The minimum Gasteiger partial charge on any atom is -0.434 e. The first kappa shape index (κ1) is 13.7. The number of rotatable bonds is 3. The van der Waals surface area contributed by atoms with Crippen LogP contribution in [-0.4, -0.2) is 24.8 Å². The van der Waals surface area contributed by atoms with E-state index in [1.165, 1.54) is 0 Å². The van der Waals surface area contributed by atoms with E-state index < -0.39 is 0 Å². The van der Waals surface area contributed by atoms with Gasteiger partial charge in [0, 0.05) is 17.8 Å². The molecule has 4 rings (SSSR count). The van der Waals surface area contributed by atoms with Crippen LogP contribution in [0.15, 0.2) is 60.8 Å². The molecule has 0 bridgehead atoms. The second kappa shape index (κ2) is 5.66. The lowest BCUT2D eigenvalue weighted by molar-refractivity contribution is 0.451. The lowest BCUT2D eigenvalue weighted by Crippen LogP contribution is -1.98. The molecule has 1 aromatic carbocycles. The highest BCUT2D eigenvalue weighted by molar-refractivity contribution is 6.30. The van der Waals surface area contributed by atoms with E-state index in [-0.39, 0.29) is 5.15 Å². The zero-order valence-electron chi connectivity index (χ0n) is 11.8. The van der Waals surface area contributed by atoms with Gasteiger partial charge in [-0.25, -0.2) is 4.98 Å². The van der Waals surface area contributed by atoms with E-state index in [0.717, 1.165) is 5.56 Å². The molecule has 3 heterocycles. The Bertz CT molecular complexity index is 971. The molecule has 0 amide bonds. The van der Waals surface area contributed by atoms with Gasteiger partial charge in [0.2, 0.25) is 5.88 Å². The third-order valence-corrected chi connectivity index (χ3v) is 3.49. The maximum absolute atomic E-state index is 6.00. The summed E-state index contributed by atoms with van der Waals surface area (Å²) in [6, 6.07) is 16.7. The molecule has 0 unspecified atom stereocenters. The Morgan fingerprint density at radius 1 is 0.913 bits per heavy atom. The van der Waals surface area contributed by atoms with Crippen molar-refractivity contribution >= 4 is 17.2 Å². The number of nitrogens with zero attached hydrogens (tertiary/aromatic N) is 5. The fraction of sp³-hybridized carbons (Fsp3) is 0. The quantitative estimate of drug-likeness (QED) is 0.539. The maximum Gasteiger partial charge on any atom is 0.237 e. The predicted octanol–water partition coefficient (Wildman–Crippen LogP) is 3.63. The second-order valence-corrected chi connectivity index (χ2v) is 5.08. The van der Waals surface area contributed by atoms with Crippen molar-refractivity contribution in [2.45, 2.75) is 0 Å². The number of pyridine rings is 1. The third kappa shape index (κ3) is 2.60. The average molecular weight is 324 g/mol. The minimum atomic E-state index is 0.279. The van der Waals surface area contributed by atoms with Crippen molar-refractivity contribution in [3.63, 3.8) is 0 Å². The van der Waals surface area contributed by atoms with Crippen molar-refractivity contribution in [1.82, 2.24) is 24.8 Å². The van der Waals surface area contributed by atoms with E-state index in [4.69, 9.17) is 16.3 Å². The van der Waals surface area contributed by atoms with Crippen LogP contribution < -0.4 is 4.74 Å². The van der Waals surface area contributed by atoms with E-state index in [1.807, 2.05) is 30.3 Å². The van der Waals surface area contributed by atoms with Crippen LogP contribution in [0.25, 0.3) is 17.0 Å². The van der Waals surface area contributed by atoms with E-state index in [1.54, 1.807) is 35.0 Å². The van der Waals surface area contributed by atoms with E-state index in [2.05, 4.69) is 20.3 Å². The third-order valence-electron chi connectivity index (χ3n) is 3.21. The Morgan fingerprint density at radius 3 is 2.61 bits per heavy atom. The summed E-state index contributed by atoms with van der Waals surface area (Å²) in [6.07, 6.45) is 1.60. The smallest absolute Gasteiger partial charge is 0.237 e. The van der Waals surface area contributed by atoms with Gasteiger partial charge < -0.3 is 4.74 Å². The van der Waals surface area contributed by atoms with E-state index in [0.29, 0.717) is 23.1 Å². The first-order valence-corrected chi connectivity index (χ1v) is 7.25. The van der Waals surface area contributed by atoms with Crippen LogP contribution >= 0.6 is 11.6 Å². The summed E-state index contributed by atoms with van der Waals surface area (Å²) in [6.45, 7) is 0. The van der Waals surface area contributed by atoms with Gasteiger partial charge in [-0.3, -0.25) is 0 Å². The molecule has 0 N–H and O–H groups in total. The normalized spacial score (nSPS) is 10.8. The number of ether oxygens (including phenoxy) is 1. The van der Waals surface area contributed by atoms with Gasteiger partial charge in [-0.1, -0.05) is 41.9 Å². The molecule has 0 aliphatic rings. The number of aromatic nitrogens is 5. The molecular weight excluding hydrogens is 314 g/mol. The minimum absolute atomic E-state index is 0.279.